The van der Waals surface area contributed by atoms with E-state index in [1.54, 1.807) is 12.1 Å². The van der Waals surface area contributed by atoms with Gasteiger partial charge in [-0.3, -0.25) is 10.1 Å². The zero-order valence-corrected chi connectivity index (χ0v) is 11.3. The van der Waals surface area contributed by atoms with Gasteiger partial charge in [0.2, 0.25) is 0 Å². The highest BCUT2D eigenvalue weighted by molar-refractivity contribution is 9.10. The van der Waals surface area contributed by atoms with Gasteiger partial charge < -0.3 is 11.1 Å². The Kier molecular flexibility index (Phi) is 3.91. The first-order valence-electron chi connectivity index (χ1n) is 5.31. The Labute approximate surface area is 117 Å². The van der Waals surface area contributed by atoms with Crippen LogP contribution in [0.15, 0.2) is 35.1 Å². The van der Waals surface area contributed by atoms with Gasteiger partial charge in [0.1, 0.15) is 4.60 Å². The maximum absolute atomic E-state index is 10.7. The lowest BCUT2D eigenvalue weighted by atomic mass is 10.2. The quantitative estimate of drug-likeness (QED) is 0.660. The van der Waals surface area contributed by atoms with Gasteiger partial charge in [-0.1, -0.05) is 12.1 Å². The van der Waals surface area contributed by atoms with Gasteiger partial charge in [0.05, 0.1) is 11.1 Å². The predicted molar refractivity (Wildman–Crippen MR) is 74.6 cm³/mol. The summed E-state index contributed by atoms with van der Waals surface area (Å²) in [5, 5.41) is 13.6. The Morgan fingerprint density at radius 3 is 3.00 bits per heavy atom. The van der Waals surface area contributed by atoms with E-state index < -0.39 is 4.92 Å². The lowest BCUT2D eigenvalue weighted by Crippen LogP contribution is -2.06. The van der Waals surface area contributed by atoms with Crippen molar-refractivity contribution in [3.05, 3.63) is 50.7 Å². The summed E-state index contributed by atoms with van der Waals surface area (Å²) in [5.74, 6) is 0.703. The minimum absolute atomic E-state index is 0.0487. The summed E-state index contributed by atoms with van der Waals surface area (Å²) in [6.07, 6.45) is 1.49. The summed E-state index contributed by atoms with van der Waals surface area (Å²) < 4.78 is 0.559. The van der Waals surface area contributed by atoms with Crippen molar-refractivity contribution in [2.75, 3.05) is 11.1 Å². The van der Waals surface area contributed by atoms with Crippen molar-refractivity contribution in [1.82, 2.24) is 9.97 Å². The van der Waals surface area contributed by atoms with Crippen LogP contribution in [0.3, 0.4) is 0 Å². The van der Waals surface area contributed by atoms with E-state index in [0.717, 1.165) is 5.56 Å². The Hall–Kier alpha value is -2.22. The molecule has 0 aliphatic carbocycles. The number of non-ortho nitro benzene ring substituents is 1. The van der Waals surface area contributed by atoms with Crippen molar-refractivity contribution < 1.29 is 4.92 Å². The van der Waals surface area contributed by atoms with Crippen LogP contribution in [0.4, 0.5) is 17.3 Å². The van der Waals surface area contributed by atoms with Crippen LogP contribution in [0.5, 0.6) is 0 Å². The molecule has 0 spiro atoms. The molecule has 0 unspecified atom stereocenters. The minimum Gasteiger partial charge on any atom is -0.381 e. The second-order valence-corrected chi connectivity index (χ2v) is 4.52. The Morgan fingerprint density at radius 2 is 2.26 bits per heavy atom. The molecule has 2 aromatic rings. The lowest BCUT2D eigenvalue weighted by molar-refractivity contribution is -0.384. The van der Waals surface area contributed by atoms with E-state index in [2.05, 4.69) is 31.2 Å². The number of nitro benzene ring substituents is 1. The van der Waals surface area contributed by atoms with Crippen molar-refractivity contribution >= 4 is 33.3 Å². The van der Waals surface area contributed by atoms with Gasteiger partial charge in [-0.15, -0.1) is 0 Å². The number of nitrogen functional groups attached to an aromatic ring is 1. The molecule has 0 aliphatic rings. The molecule has 98 valence electrons. The molecule has 0 bridgehead atoms. The predicted octanol–water partition coefficient (Wildman–Crippen LogP) is 2.34. The molecule has 19 heavy (non-hydrogen) atoms. The van der Waals surface area contributed by atoms with E-state index in [1.807, 2.05) is 0 Å². The molecule has 1 heterocycles. The van der Waals surface area contributed by atoms with Gasteiger partial charge in [-0.25, -0.2) is 9.97 Å². The first kappa shape index (κ1) is 13.2. The number of benzene rings is 1. The molecule has 0 atom stereocenters. The van der Waals surface area contributed by atoms with Crippen molar-refractivity contribution in [2.45, 2.75) is 6.54 Å². The second-order valence-electron chi connectivity index (χ2n) is 3.71. The molecule has 0 saturated heterocycles. The van der Waals surface area contributed by atoms with Crippen molar-refractivity contribution in [2.24, 2.45) is 0 Å². The number of nitrogens with one attached hydrogen (secondary N) is 1. The molecule has 2 rings (SSSR count). The monoisotopic (exact) mass is 323 g/mol. The zero-order chi connectivity index (χ0) is 13.8. The highest BCUT2D eigenvalue weighted by atomic mass is 79.9. The maximum atomic E-state index is 10.7. The van der Waals surface area contributed by atoms with Crippen molar-refractivity contribution in [3.63, 3.8) is 0 Å². The first-order valence-corrected chi connectivity index (χ1v) is 6.11. The van der Waals surface area contributed by atoms with Crippen LogP contribution in [-0.4, -0.2) is 14.9 Å². The highest BCUT2D eigenvalue weighted by Gasteiger charge is 2.07. The number of hydrogen-bond acceptors (Lipinski definition) is 6. The standard InChI is InChI=1S/C11H10BrN5O2/c12-9-6-14-10(13)11(16-9)15-5-7-2-1-3-8(4-7)17(18)19/h1-4,6H,5H2,(H2,13,14)(H,15,16). The third kappa shape index (κ3) is 3.38. The van der Waals surface area contributed by atoms with Crippen LogP contribution in [0.25, 0.3) is 0 Å². The van der Waals surface area contributed by atoms with Gasteiger partial charge in [0, 0.05) is 18.7 Å². The maximum Gasteiger partial charge on any atom is 0.269 e. The number of nitrogens with two attached hydrogens (primary N) is 1. The van der Waals surface area contributed by atoms with E-state index in [1.165, 1.54) is 18.3 Å². The van der Waals surface area contributed by atoms with Gasteiger partial charge in [-0.05, 0) is 21.5 Å². The summed E-state index contributed by atoms with van der Waals surface area (Å²) >= 11 is 3.19. The molecule has 7 nitrogen and oxygen atoms in total. The molecule has 0 fully saturated rings. The van der Waals surface area contributed by atoms with Gasteiger partial charge in [0.15, 0.2) is 11.6 Å². The van der Waals surface area contributed by atoms with Crippen LogP contribution in [0.2, 0.25) is 0 Å². The van der Waals surface area contributed by atoms with Crippen LogP contribution in [-0.2, 0) is 6.54 Å². The Balaban J connectivity index is 2.12. The fraction of sp³-hybridized carbons (Fsp3) is 0.0909. The summed E-state index contributed by atoms with van der Waals surface area (Å²) in [4.78, 5) is 18.3. The molecule has 0 amide bonds. The summed E-state index contributed by atoms with van der Waals surface area (Å²) in [6, 6.07) is 6.35. The normalized spacial score (nSPS) is 10.2. The van der Waals surface area contributed by atoms with Gasteiger partial charge in [-0.2, -0.15) is 0 Å². The van der Waals surface area contributed by atoms with Crippen molar-refractivity contribution in [3.8, 4) is 0 Å². The lowest BCUT2D eigenvalue weighted by Gasteiger charge is -2.07. The van der Waals surface area contributed by atoms with Crippen LogP contribution < -0.4 is 11.1 Å². The van der Waals surface area contributed by atoms with E-state index in [9.17, 15) is 10.1 Å². The third-order valence-electron chi connectivity index (χ3n) is 2.35. The molecule has 0 saturated carbocycles. The molecule has 0 radical (unpaired) electrons. The van der Waals surface area contributed by atoms with E-state index >= 15 is 0 Å². The summed E-state index contributed by atoms with van der Waals surface area (Å²) in [5.41, 5.74) is 6.47. The van der Waals surface area contributed by atoms with Crippen molar-refractivity contribution in [1.29, 1.82) is 0 Å². The van der Waals surface area contributed by atoms with E-state index in [4.69, 9.17) is 5.73 Å². The largest absolute Gasteiger partial charge is 0.381 e. The summed E-state index contributed by atoms with van der Waals surface area (Å²) in [7, 11) is 0. The van der Waals surface area contributed by atoms with Crippen LogP contribution in [0.1, 0.15) is 5.56 Å². The second kappa shape index (κ2) is 5.61. The average Bonchev–Trinajstić information content (AvgIpc) is 2.40. The Morgan fingerprint density at radius 1 is 1.47 bits per heavy atom. The first-order chi connectivity index (χ1) is 9.06. The number of nitro groups is 1. The fourth-order valence-corrected chi connectivity index (χ4v) is 1.75. The summed E-state index contributed by atoms with van der Waals surface area (Å²) in [6.45, 7) is 0.372. The number of anilines is 2. The number of rotatable bonds is 4. The molecule has 3 N–H and O–H groups in total. The smallest absolute Gasteiger partial charge is 0.269 e. The topological polar surface area (TPSA) is 107 Å². The zero-order valence-electron chi connectivity index (χ0n) is 9.71. The Bertz CT molecular complexity index is 620. The number of aromatic nitrogens is 2. The van der Waals surface area contributed by atoms with Gasteiger partial charge >= 0.3 is 0 Å². The van der Waals surface area contributed by atoms with Crippen LogP contribution in [0, 0.1) is 10.1 Å². The fourth-order valence-electron chi connectivity index (χ4n) is 1.47. The number of halogens is 1. The molecule has 8 heteroatoms. The molecule has 1 aromatic carbocycles. The molecular weight excluding hydrogens is 314 g/mol. The SMILES string of the molecule is Nc1ncc(Br)nc1NCc1cccc([N+](=O)[O-])c1. The molecular formula is C11H10BrN5O2. The van der Waals surface area contributed by atoms with E-state index in [0.29, 0.717) is 17.0 Å². The minimum atomic E-state index is -0.434. The van der Waals surface area contributed by atoms with Gasteiger partial charge in [0.25, 0.3) is 5.69 Å². The van der Waals surface area contributed by atoms with Crippen LogP contribution >= 0.6 is 15.9 Å². The van der Waals surface area contributed by atoms with E-state index in [-0.39, 0.29) is 11.5 Å². The molecule has 0 aliphatic heterocycles. The highest BCUT2D eigenvalue weighted by Crippen LogP contribution is 2.18. The third-order valence-corrected chi connectivity index (χ3v) is 2.73. The number of hydrogen-bond donors (Lipinski definition) is 2. The average molecular weight is 324 g/mol. The molecule has 1 aromatic heterocycles. The number of nitrogens with zero attached hydrogens (tertiary/aromatic N) is 3.